The number of hydrogen-bond donors (Lipinski definition) is 1. The Morgan fingerprint density at radius 3 is 2.63 bits per heavy atom. The van der Waals surface area contributed by atoms with Gasteiger partial charge >= 0.3 is 0 Å². The quantitative estimate of drug-likeness (QED) is 0.667. The van der Waals surface area contributed by atoms with Crippen LogP contribution in [0, 0.1) is 6.92 Å². The van der Waals surface area contributed by atoms with E-state index in [1.54, 1.807) is 4.68 Å². The maximum atomic E-state index is 13.1. The lowest BCUT2D eigenvalue weighted by Crippen LogP contribution is -2.40. The Balaban J connectivity index is 1.49. The summed E-state index contributed by atoms with van der Waals surface area (Å²) in [6.45, 7) is 8.32. The zero-order chi connectivity index (χ0) is 21.5. The van der Waals surface area contributed by atoms with Crippen molar-refractivity contribution in [3.05, 3.63) is 51.8 Å². The van der Waals surface area contributed by atoms with Gasteiger partial charge in [-0.2, -0.15) is 5.10 Å². The van der Waals surface area contributed by atoms with Gasteiger partial charge in [0.2, 0.25) is 5.91 Å². The first-order chi connectivity index (χ1) is 14.5. The van der Waals surface area contributed by atoms with Gasteiger partial charge in [-0.3, -0.25) is 19.2 Å². The van der Waals surface area contributed by atoms with E-state index < -0.39 is 0 Å². The molecular weight excluding hydrogens is 446 g/mol. The molecule has 3 rings (SSSR count). The van der Waals surface area contributed by atoms with Gasteiger partial charge in [0.15, 0.2) is 0 Å². The Kier molecular flexibility index (Phi) is 8.04. The van der Waals surface area contributed by atoms with E-state index in [1.807, 2.05) is 36.9 Å². The molecule has 0 unspecified atom stereocenters. The standard InChI is InChI=1S/C22H30BrN5O2/c1-3-28-21(20(23)17(2)25-28)22(30)27-13-7-12-26(14-15-27)16-19(29)24-11-10-18-8-5-4-6-9-18/h4-6,8-9H,3,7,10-16H2,1-2H3,(H,24,29). The van der Waals surface area contributed by atoms with Crippen LogP contribution in [0.3, 0.4) is 0 Å². The number of nitrogens with one attached hydrogen (secondary N) is 1. The van der Waals surface area contributed by atoms with E-state index in [0.29, 0.717) is 45.0 Å². The van der Waals surface area contributed by atoms with E-state index in [1.165, 1.54) is 5.56 Å². The fraction of sp³-hybridized carbons (Fsp3) is 0.500. The number of hydrogen-bond acceptors (Lipinski definition) is 4. The number of aromatic nitrogens is 2. The summed E-state index contributed by atoms with van der Waals surface area (Å²) in [4.78, 5) is 29.4. The molecule has 0 aliphatic carbocycles. The third-order valence-electron chi connectivity index (χ3n) is 5.38. The van der Waals surface area contributed by atoms with Crippen molar-refractivity contribution in [2.24, 2.45) is 0 Å². The molecule has 1 aliphatic heterocycles. The summed E-state index contributed by atoms with van der Waals surface area (Å²) >= 11 is 3.52. The Morgan fingerprint density at radius 1 is 1.13 bits per heavy atom. The van der Waals surface area contributed by atoms with Crippen LogP contribution < -0.4 is 5.32 Å². The van der Waals surface area contributed by atoms with Gasteiger partial charge in [-0.15, -0.1) is 0 Å². The van der Waals surface area contributed by atoms with Gasteiger partial charge in [0, 0.05) is 39.3 Å². The molecule has 0 bridgehead atoms. The Bertz CT molecular complexity index is 868. The van der Waals surface area contributed by atoms with Crippen molar-refractivity contribution in [1.82, 2.24) is 24.9 Å². The Hall–Kier alpha value is -2.19. The van der Waals surface area contributed by atoms with Crippen molar-refractivity contribution in [3.8, 4) is 0 Å². The second-order valence-electron chi connectivity index (χ2n) is 7.57. The average Bonchev–Trinajstić information content (AvgIpc) is 2.90. The highest BCUT2D eigenvalue weighted by molar-refractivity contribution is 9.10. The molecule has 2 amide bonds. The number of carbonyl (C=O) groups excluding carboxylic acids is 2. The monoisotopic (exact) mass is 475 g/mol. The minimum absolute atomic E-state index is 0.00140. The zero-order valence-electron chi connectivity index (χ0n) is 17.7. The van der Waals surface area contributed by atoms with E-state index in [2.05, 4.69) is 43.4 Å². The number of halogens is 1. The highest BCUT2D eigenvalue weighted by Crippen LogP contribution is 2.23. The van der Waals surface area contributed by atoms with Crippen LogP contribution in [0.5, 0.6) is 0 Å². The van der Waals surface area contributed by atoms with E-state index in [4.69, 9.17) is 0 Å². The number of aryl methyl sites for hydroxylation is 2. The predicted octanol–water partition coefficient (Wildman–Crippen LogP) is 2.48. The van der Waals surface area contributed by atoms with Gasteiger partial charge < -0.3 is 10.2 Å². The van der Waals surface area contributed by atoms with Crippen molar-refractivity contribution >= 4 is 27.7 Å². The summed E-state index contributed by atoms with van der Waals surface area (Å²) < 4.78 is 2.53. The van der Waals surface area contributed by atoms with Crippen molar-refractivity contribution < 1.29 is 9.59 Å². The molecule has 162 valence electrons. The van der Waals surface area contributed by atoms with Crippen molar-refractivity contribution in [1.29, 1.82) is 0 Å². The fourth-order valence-corrected chi connectivity index (χ4v) is 4.18. The average molecular weight is 476 g/mol. The summed E-state index contributed by atoms with van der Waals surface area (Å²) in [6, 6.07) is 10.1. The lowest BCUT2D eigenvalue weighted by atomic mass is 10.1. The molecule has 0 saturated carbocycles. The summed E-state index contributed by atoms with van der Waals surface area (Å²) in [5, 5.41) is 7.44. The highest BCUT2D eigenvalue weighted by Gasteiger charge is 2.26. The molecule has 1 aliphatic rings. The molecule has 1 aromatic heterocycles. The first-order valence-electron chi connectivity index (χ1n) is 10.5. The van der Waals surface area contributed by atoms with E-state index in [9.17, 15) is 9.59 Å². The molecule has 8 heteroatoms. The van der Waals surface area contributed by atoms with Gasteiger partial charge in [0.25, 0.3) is 5.91 Å². The molecule has 1 aromatic carbocycles. The minimum Gasteiger partial charge on any atom is -0.355 e. The minimum atomic E-state index is -0.00140. The topological polar surface area (TPSA) is 70.5 Å². The van der Waals surface area contributed by atoms with Crippen molar-refractivity contribution in [2.75, 3.05) is 39.3 Å². The van der Waals surface area contributed by atoms with Gasteiger partial charge in [0.05, 0.1) is 16.7 Å². The van der Waals surface area contributed by atoms with Crippen molar-refractivity contribution in [3.63, 3.8) is 0 Å². The Morgan fingerprint density at radius 2 is 1.90 bits per heavy atom. The number of rotatable bonds is 7. The van der Waals surface area contributed by atoms with E-state index >= 15 is 0 Å². The molecular formula is C22H30BrN5O2. The lowest BCUT2D eigenvalue weighted by Gasteiger charge is -2.22. The summed E-state index contributed by atoms with van der Waals surface area (Å²) in [6.07, 6.45) is 1.67. The molecule has 30 heavy (non-hydrogen) atoms. The van der Waals surface area contributed by atoms with Crippen LogP contribution in [0.4, 0.5) is 0 Å². The van der Waals surface area contributed by atoms with Crippen LogP contribution in [-0.4, -0.2) is 70.7 Å². The third-order valence-corrected chi connectivity index (χ3v) is 6.33. The SMILES string of the molecule is CCn1nc(C)c(Br)c1C(=O)N1CCCN(CC(=O)NCCc2ccccc2)CC1. The molecule has 0 radical (unpaired) electrons. The van der Waals surface area contributed by atoms with Gasteiger partial charge in [-0.25, -0.2) is 0 Å². The third kappa shape index (κ3) is 5.70. The first-order valence-corrected chi connectivity index (χ1v) is 11.3. The van der Waals surface area contributed by atoms with Crippen molar-refractivity contribution in [2.45, 2.75) is 33.2 Å². The van der Waals surface area contributed by atoms with Crippen LogP contribution >= 0.6 is 15.9 Å². The van der Waals surface area contributed by atoms with Crippen LogP contribution in [0.1, 0.15) is 35.1 Å². The molecule has 7 nitrogen and oxygen atoms in total. The highest BCUT2D eigenvalue weighted by atomic mass is 79.9. The number of carbonyl (C=O) groups is 2. The number of nitrogens with zero attached hydrogens (tertiary/aromatic N) is 4. The molecule has 1 N–H and O–H groups in total. The zero-order valence-corrected chi connectivity index (χ0v) is 19.3. The second kappa shape index (κ2) is 10.7. The molecule has 0 atom stereocenters. The molecule has 1 saturated heterocycles. The van der Waals surface area contributed by atoms with E-state index in [-0.39, 0.29) is 11.8 Å². The van der Waals surface area contributed by atoms with Crippen LogP contribution in [0.25, 0.3) is 0 Å². The van der Waals surface area contributed by atoms with Gasteiger partial charge in [-0.05, 0) is 48.2 Å². The number of amides is 2. The van der Waals surface area contributed by atoms with Crippen LogP contribution in [0.2, 0.25) is 0 Å². The van der Waals surface area contributed by atoms with Crippen LogP contribution in [0.15, 0.2) is 34.8 Å². The molecule has 1 fully saturated rings. The largest absolute Gasteiger partial charge is 0.355 e. The second-order valence-corrected chi connectivity index (χ2v) is 8.36. The van der Waals surface area contributed by atoms with Gasteiger partial charge in [0.1, 0.15) is 5.69 Å². The smallest absolute Gasteiger partial charge is 0.273 e. The maximum Gasteiger partial charge on any atom is 0.273 e. The maximum absolute atomic E-state index is 13.1. The molecule has 0 spiro atoms. The Labute approximate surface area is 186 Å². The van der Waals surface area contributed by atoms with Gasteiger partial charge in [-0.1, -0.05) is 30.3 Å². The predicted molar refractivity (Wildman–Crippen MR) is 120 cm³/mol. The lowest BCUT2D eigenvalue weighted by molar-refractivity contribution is -0.122. The van der Waals surface area contributed by atoms with E-state index in [0.717, 1.165) is 29.6 Å². The summed E-state index contributed by atoms with van der Waals surface area (Å²) in [5.41, 5.74) is 2.65. The summed E-state index contributed by atoms with van der Waals surface area (Å²) in [7, 11) is 0. The fourth-order valence-electron chi connectivity index (χ4n) is 3.72. The molecule has 2 aromatic rings. The number of benzene rings is 1. The summed E-state index contributed by atoms with van der Waals surface area (Å²) in [5.74, 6) is 0.0339. The van der Waals surface area contributed by atoms with Crippen LogP contribution in [-0.2, 0) is 17.8 Å². The first kappa shape index (κ1) is 22.5. The normalized spacial score (nSPS) is 15.1. The molecule has 2 heterocycles.